The Morgan fingerprint density at radius 2 is 2.17 bits per heavy atom. The monoisotopic (exact) mass is 245 g/mol. The maximum atomic E-state index is 12.8. The third-order valence-electron chi connectivity index (χ3n) is 2.35. The zero-order valence-electron chi connectivity index (χ0n) is 9.64. The number of rotatable bonds is 4. The summed E-state index contributed by atoms with van der Waals surface area (Å²) in [5.74, 6) is -0.571. The predicted molar refractivity (Wildman–Crippen MR) is 66.1 cm³/mol. The van der Waals surface area contributed by atoms with Crippen molar-refractivity contribution in [1.82, 2.24) is 14.9 Å². The molecule has 4 nitrogen and oxygen atoms in total. The van der Waals surface area contributed by atoms with Crippen molar-refractivity contribution < 1.29 is 9.18 Å². The molecule has 0 saturated carbocycles. The van der Waals surface area contributed by atoms with Crippen LogP contribution in [-0.2, 0) is 0 Å². The van der Waals surface area contributed by atoms with Crippen molar-refractivity contribution in [2.24, 2.45) is 0 Å². The van der Waals surface area contributed by atoms with E-state index in [1.165, 1.54) is 18.5 Å². The summed E-state index contributed by atoms with van der Waals surface area (Å²) in [6.45, 7) is 3.90. The minimum atomic E-state index is -0.303. The Hall–Kier alpha value is -2.43. The highest BCUT2D eigenvalue weighted by atomic mass is 19.1. The van der Waals surface area contributed by atoms with Gasteiger partial charge in [-0.05, 0) is 24.3 Å². The molecule has 1 heterocycles. The molecule has 5 heteroatoms. The summed E-state index contributed by atoms with van der Waals surface area (Å²) in [5.41, 5.74) is 1.05. The van der Waals surface area contributed by atoms with Gasteiger partial charge in [0, 0.05) is 18.4 Å². The van der Waals surface area contributed by atoms with Crippen LogP contribution in [-0.4, -0.2) is 22.0 Å². The van der Waals surface area contributed by atoms with Crippen LogP contribution in [0.1, 0.15) is 10.5 Å². The molecule has 0 atom stereocenters. The van der Waals surface area contributed by atoms with Crippen molar-refractivity contribution in [3.8, 4) is 5.69 Å². The predicted octanol–water partition coefficient (Wildman–Crippen LogP) is 1.93. The topological polar surface area (TPSA) is 46.9 Å². The number of nitrogens with zero attached hydrogens (tertiary/aromatic N) is 2. The van der Waals surface area contributed by atoms with Crippen LogP contribution in [0.5, 0.6) is 0 Å². The number of hydrogen-bond donors (Lipinski definition) is 1. The van der Waals surface area contributed by atoms with Gasteiger partial charge >= 0.3 is 0 Å². The third kappa shape index (κ3) is 2.63. The highest BCUT2D eigenvalue weighted by Gasteiger charge is 2.08. The van der Waals surface area contributed by atoms with Crippen LogP contribution < -0.4 is 5.32 Å². The number of aromatic nitrogens is 2. The van der Waals surface area contributed by atoms with E-state index in [-0.39, 0.29) is 11.7 Å². The van der Waals surface area contributed by atoms with E-state index in [2.05, 4.69) is 16.9 Å². The first kappa shape index (κ1) is 12.0. The highest BCUT2D eigenvalue weighted by Crippen LogP contribution is 2.09. The van der Waals surface area contributed by atoms with Crippen molar-refractivity contribution in [2.45, 2.75) is 0 Å². The van der Waals surface area contributed by atoms with Crippen LogP contribution in [0, 0.1) is 5.82 Å². The van der Waals surface area contributed by atoms with Gasteiger partial charge in [0.25, 0.3) is 5.91 Å². The molecule has 0 bridgehead atoms. The zero-order valence-corrected chi connectivity index (χ0v) is 9.64. The average molecular weight is 245 g/mol. The van der Waals surface area contributed by atoms with Gasteiger partial charge in [0.15, 0.2) is 0 Å². The molecule has 1 amide bonds. The SMILES string of the molecule is C=CCNC(=O)c1cn(-c2ccc(F)cc2)cn1. The van der Waals surface area contributed by atoms with Crippen molar-refractivity contribution >= 4 is 5.91 Å². The molecule has 0 spiro atoms. The van der Waals surface area contributed by atoms with E-state index < -0.39 is 0 Å². The van der Waals surface area contributed by atoms with E-state index in [1.54, 1.807) is 29.0 Å². The molecule has 0 fully saturated rings. The maximum Gasteiger partial charge on any atom is 0.271 e. The number of imidazole rings is 1. The molecule has 0 aliphatic carbocycles. The quantitative estimate of drug-likeness (QED) is 0.836. The standard InChI is InChI=1S/C13H12FN3O/c1-2-7-15-13(18)12-8-17(9-16-12)11-5-3-10(14)4-6-11/h2-6,8-9H,1,7H2,(H,15,18). The molecule has 0 aliphatic rings. The van der Waals surface area contributed by atoms with Crippen LogP contribution in [0.2, 0.25) is 0 Å². The third-order valence-corrected chi connectivity index (χ3v) is 2.35. The number of carbonyl (C=O) groups is 1. The summed E-state index contributed by atoms with van der Waals surface area (Å²) >= 11 is 0. The van der Waals surface area contributed by atoms with Crippen LogP contribution in [0.25, 0.3) is 5.69 Å². The summed E-state index contributed by atoms with van der Waals surface area (Å²) in [5, 5.41) is 2.63. The first-order chi connectivity index (χ1) is 8.70. The van der Waals surface area contributed by atoms with Gasteiger partial charge in [-0.3, -0.25) is 4.79 Å². The molecule has 92 valence electrons. The number of carbonyl (C=O) groups excluding carboxylic acids is 1. The molecular formula is C13H12FN3O. The number of nitrogens with one attached hydrogen (secondary N) is 1. The van der Waals surface area contributed by atoms with Gasteiger partial charge in [-0.25, -0.2) is 9.37 Å². The van der Waals surface area contributed by atoms with Crippen molar-refractivity contribution in [3.05, 3.63) is 61.0 Å². The number of amides is 1. The normalized spacial score (nSPS) is 10.1. The number of halogens is 1. The average Bonchev–Trinajstić information content (AvgIpc) is 2.86. The summed E-state index contributed by atoms with van der Waals surface area (Å²) in [6, 6.07) is 5.93. The molecule has 1 aromatic carbocycles. The Labute approximate surface area is 104 Å². The van der Waals surface area contributed by atoms with E-state index in [9.17, 15) is 9.18 Å². The maximum absolute atomic E-state index is 12.8. The fraction of sp³-hybridized carbons (Fsp3) is 0.0769. The molecule has 1 aromatic heterocycles. The lowest BCUT2D eigenvalue weighted by atomic mass is 10.3. The van der Waals surface area contributed by atoms with Crippen molar-refractivity contribution in [2.75, 3.05) is 6.54 Å². The molecular weight excluding hydrogens is 233 g/mol. The highest BCUT2D eigenvalue weighted by molar-refractivity contribution is 5.92. The largest absolute Gasteiger partial charge is 0.347 e. The van der Waals surface area contributed by atoms with Crippen LogP contribution in [0.15, 0.2) is 49.4 Å². The Morgan fingerprint density at radius 1 is 1.44 bits per heavy atom. The minimum absolute atomic E-state index is 0.268. The lowest BCUT2D eigenvalue weighted by Crippen LogP contribution is -2.23. The summed E-state index contributed by atoms with van der Waals surface area (Å²) in [7, 11) is 0. The van der Waals surface area contributed by atoms with Gasteiger partial charge < -0.3 is 9.88 Å². The summed E-state index contributed by atoms with van der Waals surface area (Å²) < 4.78 is 14.4. The van der Waals surface area contributed by atoms with Crippen LogP contribution in [0.4, 0.5) is 4.39 Å². The molecule has 0 unspecified atom stereocenters. The van der Waals surface area contributed by atoms with Gasteiger partial charge in [-0.1, -0.05) is 6.08 Å². The molecule has 0 radical (unpaired) electrons. The van der Waals surface area contributed by atoms with Crippen LogP contribution in [0.3, 0.4) is 0 Å². The molecule has 2 aromatic rings. The van der Waals surface area contributed by atoms with Crippen molar-refractivity contribution in [1.29, 1.82) is 0 Å². The molecule has 0 saturated heterocycles. The van der Waals surface area contributed by atoms with Gasteiger partial charge in [-0.2, -0.15) is 0 Å². The number of hydrogen-bond acceptors (Lipinski definition) is 2. The molecule has 1 N–H and O–H groups in total. The van der Waals surface area contributed by atoms with Gasteiger partial charge in [0.2, 0.25) is 0 Å². The van der Waals surface area contributed by atoms with E-state index in [0.29, 0.717) is 12.2 Å². The minimum Gasteiger partial charge on any atom is -0.347 e. The Kier molecular flexibility index (Phi) is 3.52. The van der Waals surface area contributed by atoms with Gasteiger partial charge in [0.1, 0.15) is 17.8 Å². The summed E-state index contributed by atoms with van der Waals surface area (Å²) in [4.78, 5) is 15.6. The Bertz CT molecular complexity index is 560. The fourth-order valence-corrected chi connectivity index (χ4v) is 1.45. The molecule has 2 rings (SSSR count). The Balaban J connectivity index is 2.17. The van der Waals surface area contributed by atoms with E-state index >= 15 is 0 Å². The second-order valence-corrected chi connectivity index (χ2v) is 3.64. The first-order valence-electron chi connectivity index (χ1n) is 5.40. The van der Waals surface area contributed by atoms with Gasteiger partial charge in [-0.15, -0.1) is 6.58 Å². The molecule has 18 heavy (non-hydrogen) atoms. The second-order valence-electron chi connectivity index (χ2n) is 3.64. The number of benzene rings is 1. The Morgan fingerprint density at radius 3 is 2.83 bits per heavy atom. The lowest BCUT2D eigenvalue weighted by Gasteiger charge is -2.00. The lowest BCUT2D eigenvalue weighted by molar-refractivity contribution is 0.0953. The fourth-order valence-electron chi connectivity index (χ4n) is 1.45. The van der Waals surface area contributed by atoms with E-state index in [0.717, 1.165) is 5.69 Å². The molecule has 0 aliphatic heterocycles. The zero-order chi connectivity index (χ0) is 13.0. The van der Waals surface area contributed by atoms with Crippen molar-refractivity contribution in [3.63, 3.8) is 0 Å². The van der Waals surface area contributed by atoms with Crippen LogP contribution >= 0.6 is 0 Å². The smallest absolute Gasteiger partial charge is 0.271 e. The first-order valence-corrected chi connectivity index (χ1v) is 5.40. The van der Waals surface area contributed by atoms with E-state index in [4.69, 9.17) is 0 Å². The van der Waals surface area contributed by atoms with E-state index in [1.807, 2.05) is 0 Å². The summed E-state index contributed by atoms with van der Waals surface area (Å²) in [6.07, 6.45) is 4.69. The van der Waals surface area contributed by atoms with Gasteiger partial charge in [0.05, 0.1) is 0 Å². The second kappa shape index (κ2) is 5.27.